The number of hydrogen-bond acceptors (Lipinski definition) is 5. The summed E-state index contributed by atoms with van der Waals surface area (Å²) in [5, 5.41) is 13.3. The van der Waals surface area contributed by atoms with Crippen molar-refractivity contribution >= 4 is 22.6 Å². The summed E-state index contributed by atoms with van der Waals surface area (Å²) in [5.74, 6) is -0.520. The fraction of sp³-hybridized carbons (Fsp3) is 0.500. The Kier molecular flexibility index (Phi) is 4.34. The number of rotatable bonds is 4. The van der Waals surface area contributed by atoms with Gasteiger partial charge >= 0.3 is 5.97 Å². The lowest BCUT2D eigenvalue weighted by molar-refractivity contribution is 0.0695. The van der Waals surface area contributed by atoms with Crippen LogP contribution in [0.15, 0.2) is 17.1 Å². The lowest BCUT2D eigenvalue weighted by Gasteiger charge is -2.36. The van der Waals surface area contributed by atoms with Crippen molar-refractivity contribution in [1.82, 2.24) is 9.88 Å². The van der Waals surface area contributed by atoms with Crippen LogP contribution >= 0.6 is 0 Å². The van der Waals surface area contributed by atoms with Crippen LogP contribution in [0.1, 0.15) is 41.7 Å². The zero-order valence-electron chi connectivity index (χ0n) is 15.9. The second-order valence-corrected chi connectivity index (χ2v) is 7.59. The number of carboxylic acids is 1. The molecule has 1 atom stereocenters. The summed E-state index contributed by atoms with van der Waals surface area (Å²) < 4.78 is 7.77. The van der Waals surface area contributed by atoms with Crippen LogP contribution in [0.5, 0.6) is 5.75 Å². The number of pyridine rings is 1. The largest absolute Gasteiger partial charge is 0.492 e. The SMILES string of the molecule is COc1c(N2CCNC(C)C2)c(C)cc2c(=O)c(C(=O)O)cn(C3CC3)c12. The van der Waals surface area contributed by atoms with E-state index in [0.29, 0.717) is 22.7 Å². The Balaban J connectivity index is 2.03. The molecule has 2 heterocycles. The van der Waals surface area contributed by atoms with Crippen molar-refractivity contribution in [2.24, 2.45) is 0 Å². The highest BCUT2D eigenvalue weighted by atomic mass is 16.5. The number of carboxylic acid groups (broad SMARTS) is 1. The fourth-order valence-corrected chi connectivity index (χ4v) is 4.12. The molecule has 7 heteroatoms. The van der Waals surface area contributed by atoms with Gasteiger partial charge in [0, 0.05) is 37.9 Å². The van der Waals surface area contributed by atoms with Crippen LogP contribution < -0.4 is 20.4 Å². The average molecular weight is 371 g/mol. The number of aryl methyl sites for hydroxylation is 1. The predicted molar refractivity (Wildman–Crippen MR) is 104 cm³/mol. The van der Waals surface area contributed by atoms with E-state index in [2.05, 4.69) is 17.1 Å². The molecular weight excluding hydrogens is 346 g/mol. The molecule has 2 N–H and O–H groups in total. The van der Waals surface area contributed by atoms with E-state index in [4.69, 9.17) is 4.74 Å². The molecular formula is C20H25N3O4. The number of ether oxygens (including phenoxy) is 1. The van der Waals surface area contributed by atoms with Crippen molar-refractivity contribution in [3.63, 3.8) is 0 Å². The number of hydrogen-bond donors (Lipinski definition) is 2. The number of anilines is 1. The third kappa shape index (κ3) is 2.96. The molecule has 1 aliphatic carbocycles. The number of aromatic nitrogens is 1. The van der Waals surface area contributed by atoms with Gasteiger partial charge in [-0.25, -0.2) is 4.79 Å². The first-order valence-electron chi connectivity index (χ1n) is 9.40. The third-order valence-electron chi connectivity index (χ3n) is 5.50. The van der Waals surface area contributed by atoms with E-state index in [1.807, 2.05) is 17.6 Å². The molecule has 0 spiro atoms. The molecule has 0 amide bonds. The number of benzene rings is 1. The van der Waals surface area contributed by atoms with Gasteiger partial charge in [0.05, 0.1) is 23.7 Å². The van der Waals surface area contributed by atoms with E-state index in [1.54, 1.807) is 7.11 Å². The summed E-state index contributed by atoms with van der Waals surface area (Å²) >= 11 is 0. The van der Waals surface area contributed by atoms with Crippen LogP contribution in [0.25, 0.3) is 10.9 Å². The van der Waals surface area contributed by atoms with Gasteiger partial charge in [0.15, 0.2) is 5.75 Å². The summed E-state index contributed by atoms with van der Waals surface area (Å²) in [6.07, 6.45) is 3.45. The maximum Gasteiger partial charge on any atom is 0.341 e. The number of piperazine rings is 1. The quantitative estimate of drug-likeness (QED) is 0.857. The lowest BCUT2D eigenvalue weighted by Crippen LogP contribution is -2.49. The van der Waals surface area contributed by atoms with Gasteiger partial charge in [0.2, 0.25) is 5.43 Å². The second kappa shape index (κ2) is 6.56. The third-order valence-corrected chi connectivity index (χ3v) is 5.50. The van der Waals surface area contributed by atoms with Crippen molar-refractivity contribution in [3.8, 4) is 5.75 Å². The van der Waals surface area contributed by atoms with E-state index in [9.17, 15) is 14.7 Å². The molecule has 1 aromatic heterocycles. The van der Waals surface area contributed by atoms with Crippen molar-refractivity contribution in [1.29, 1.82) is 0 Å². The highest BCUT2D eigenvalue weighted by molar-refractivity contribution is 5.97. The average Bonchev–Trinajstić information content (AvgIpc) is 3.46. The molecule has 144 valence electrons. The summed E-state index contributed by atoms with van der Waals surface area (Å²) in [4.78, 5) is 26.7. The molecule has 2 fully saturated rings. The Morgan fingerprint density at radius 3 is 2.70 bits per heavy atom. The van der Waals surface area contributed by atoms with Crippen LogP contribution in [0.2, 0.25) is 0 Å². The predicted octanol–water partition coefficient (Wildman–Crippen LogP) is 2.15. The molecule has 1 aromatic carbocycles. The van der Waals surface area contributed by atoms with Crippen molar-refractivity contribution in [2.75, 3.05) is 31.6 Å². The molecule has 0 radical (unpaired) electrons. The van der Waals surface area contributed by atoms with E-state index in [-0.39, 0.29) is 11.6 Å². The molecule has 2 aromatic rings. The summed E-state index contributed by atoms with van der Waals surface area (Å²) in [5.41, 5.74) is 2.00. The first kappa shape index (κ1) is 17.9. The molecule has 7 nitrogen and oxygen atoms in total. The monoisotopic (exact) mass is 371 g/mol. The minimum Gasteiger partial charge on any atom is -0.492 e. The topological polar surface area (TPSA) is 83.8 Å². The van der Waals surface area contributed by atoms with Gasteiger partial charge < -0.3 is 24.6 Å². The zero-order valence-corrected chi connectivity index (χ0v) is 15.9. The molecule has 1 aliphatic heterocycles. The first-order chi connectivity index (χ1) is 12.9. The van der Waals surface area contributed by atoms with Crippen molar-refractivity contribution < 1.29 is 14.6 Å². The Morgan fingerprint density at radius 1 is 1.37 bits per heavy atom. The van der Waals surface area contributed by atoms with E-state index < -0.39 is 11.4 Å². The van der Waals surface area contributed by atoms with E-state index in [1.165, 1.54) is 6.20 Å². The van der Waals surface area contributed by atoms with Gasteiger partial charge in [-0.05, 0) is 38.3 Å². The van der Waals surface area contributed by atoms with E-state index >= 15 is 0 Å². The van der Waals surface area contributed by atoms with Gasteiger partial charge in [0.25, 0.3) is 0 Å². The number of nitrogens with one attached hydrogen (secondary N) is 1. The molecule has 4 rings (SSSR count). The van der Waals surface area contributed by atoms with Crippen LogP contribution in [-0.2, 0) is 0 Å². The molecule has 27 heavy (non-hydrogen) atoms. The number of fused-ring (bicyclic) bond motifs is 1. The van der Waals surface area contributed by atoms with Crippen LogP contribution in [0.4, 0.5) is 5.69 Å². The Morgan fingerprint density at radius 2 is 2.11 bits per heavy atom. The molecule has 0 bridgehead atoms. The molecule has 1 saturated heterocycles. The minimum atomic E-state index is -1.19. The normalized spacial score (nSPS) is 20.1. The van der Waals surface area contributed by atoms with Crippen molar-refractivity contribution in [3.05, 3.63) is 33.6 Å². The van der Waals surface area contributed by atoms with Crippen LogP contribution in [0, 0.1) is 6.92 Å². The van der Waals surface area contributed by atoms with Crippen LogP contribution in [-0.4, -0.2) is 48.4 Å². The second-order valence-electron chi connectivity index (χ2n) is 7.59. The molecule has 2 aliphatic rings. The van der Waals surface area contributed by atoms with Gasteiger partial charge in [-0.15, -0.1) is 0 Å². The Hall–Kier alpha value is -2.54. The standard InChI is InChI=1S/C20H25N3O4/c1-11-8-14-17(19(27-3)16(11)22-7-6-21-12(2)9-22)23(13-4-5-13)10-15(18(14)24)20(25)26/h8,10,12-13,21H,4-7,9H2,1-3H3,(H,25,26). The maximum atomic E-state index is 12.9. The summed E-state index contributed by atoms with van der Waals surface area (Å²) in [6, 6.07) is 2.41. The summed E-state index contributed by atoms with van der Waals surface area (Å²) in [7, 11) is 1.62. The number of nitrogens with zero attached hydrogens (tertiary/aromatic N) is 2. The lowest BCUT2D eigenvalue weighted by atomic mass is 10.0. The molecule has 1 unspecified atom stereocenters. The van der Waals surface area contributed by atoms with Gasteiger partial charge in [-0.1, -0.05) is 0 Å². The Labute approximate surface area is 157 Å². The van der Waals surface area contributed by atoms with Crippen LogP contribution in [0.3, 0.4) is 0 Å². The van der Waals surface area contributed by atoms with Crippen molar-refractivity contribution in [2.45, 2.75) is 38.8 Å². The molecule has 1 saturated carbocycles. The maximum absolute atomic E-state index is 12.9. The number of aromatic carboxylic acids is 1. The first-order valence-corrected chi connectivity index (χ1v) is 9.40. The van der Waals surface area contributed by atoms with Gasteiger partial charge in [0.1, 0.15) is 5.56 Å². The number of carbonyl (C=O) groups is 1. The highest BCUT2D eigenvalue weighted by Gasteiger charge is 2.31. The Bertz CT molecular complexity index is 978. The van der Waals surface area contributed by atoms with E-state index in [0.717, 1.165) is 43.7 Å². The summed E-state index contributed by atoms with van der Waals surface area (Å²) in [6.45, 7) is 6.69. The van der Waals surface area contributed by atoms with Gasteiger partial charge in [-0.3, -0.25) is 4.79 Å². The minimum absolute atomic E-state index is 0.181. The smallest absolute Gasteiger partial charge is 0.341 e. The number of methoxy groups -OCH3 is 1. The zero-order chi connectivity index (χ0) is 19.3. The van der Waals surface area contributed by atoms with Gasteiger partial charge in [-0.2, -0.15) is 0 Å². The fourth-order valence-electron chi connectivity index (χ4n) is 4.12. The highest BCUT2D eigenvalue weighted by Crippen LogP contribution is 2.44.